The van der Waals surface area contributed by atoms with E-state index < -0.39 is 29.6 Å². The fraction of sp³-hybridized carbons (Fsp3) is 0.621. The number of rotatable bonds is 4. The Morgan fingerprint density at radius 1 is 1.30 bits per heavy atom. The number of hydrogen-bond acceptors (Lipinski definition) is 7. The fourth-order valence-electron chi connectivity index (χ4n) is 4.40. The lowest BCUT2D eigenvalue weighted by Crippen LogP contribution is -2.49. The number of amides is 1. The van der Waals surface area contributed by atoms with Crippen LogP contribution in [-0.2, 0) is 14.3 Å². The third-order valence-electron chi connectivity index (χ3n) is 7.18. The standard InChI is InChI=1S/C29H44N2O5S/c1-8-9-10-23-27(34)20(4)36-14-13-18(2)11-12-24(19(3)15-22-17-37-21(5)30-22)31-26(33)16-25(32)29(6,7)28(23)35/h8-9,11,15,17,20,23-25,27,32,34H,10,12-14,16H2,1-7H3,(H,31,33)/b9-8+,18-11-,19-15+/t20-,23-,24+,25+,27-/m1/s1. The Balaban J connectivity index is 2.38. The smallest absolute Gasteiger partial charge is 0.223 e. The molecule has 2 heterocycles. The Morgan fingerprint density at radius 2 is 2.00 bits per heavy atom. The number of allylic oxidation sites excluding steroid dienone is 2. The first-order chi connectivity index (χ1) is 17.4. The van der Waals surface area contributed by atoms with Gasteiger partial charge < -0.3 is 20.3 Å². The summed E-state index contributed by atoms with van der Waals surface area (Å²) >= 11 is 1.57. The molecule has 0 unspecified atom stereocenters. The average Bonchev–Trinajstić information content (AvgIpc) is 3.24. The summed E-state index contributed by atoms with van der Waals surface area (Å²) in [7, 11) is 0. The van der Waals surface area contributed by atoms with Crippen molar-refractivity contribution < 1.29 is 24.5 Å². The van der Waals surface area contributed by atoms with Gasteiger partial charge in [0.2, 0.25) is 5.91 Å². The van der Waals surface area contributed by atoms with Gasteiger partial charge in [-0.15, -0.1) is 11.3 Å². The van der Waals surface area contributed by atoms with Gasteiger partial charge in [-0.05, 0) is 65.5 Å². The monoisotopic (exact) mass is 532 g/mol. The lowest BCUT2D eigenvalue weighted by molar-refractivity contribution is -0.146. The number of hydrogen-bond donors (Lipinski definition) is 3. The Labute approximate surface area is 225 Å². The number of ketones is 1. The van der Waals surface area contributed by atoms with Crippen molar-refractivity contribution in [2.24, 2.45) is 11.3 Å². The number of aryl methyl sites for hydroxylation is 1. The molecule has 1 aromatic heterocycles. The van der Waals surface area contributed by atoms with Crippen LogP contribution in [0.1, 0.15) is 77.9 Å². The molecule has 0 spiro atoms. The number of aromatic nitrogens is 1. The topological polar surface area (TPSA) is 109 Å². The average molecular weight is 533 g/mol. The van der Waals surface area contributed by atoms with Gasteiger partial charge in [0.25, 0.3) is 0 Å². The zero-order valence-electron chi connectivity index (χ0n) is 23.3. The molecule has 206 valence electrons. The van der Waals surface area contributed by atoms with Gasteiger partial charge in [0, 0.05) is 5.38 Å². The number of nitrogens with one attached hydrogen (secondary N) is 1. The highest BCUT2D eigenvalue weighted by Gasteiger charge is 2.43. The number of carbonyl (C=O) groups excluding carboxylic acids is 2. The van der Waals surface area contributed by atoms with E-state index in [0.29, 0.717) is 25.9 Å². The maximum atomic E-state index is 13.6. The zero-order chi connectivity index (χ0) is 27.8. The van der Waals surface area contributed by atoms with Gasteiger partial charge in [0.05, 0.1) is 59.4 Å². The van der Waals surface area contributed by atoms with Crippen LogP contribution >= 0.6 is 11.3 Å². The van der Waals surface area contributed by atoms with E-state index in [2.05, 4.69) is 16.4 Å². The third-order valence-corrected chi connectivity index (χ3v) is 7.97. The molecule has 2 rings (SSSR count). The molecule has 0 aliphatic carbocycles. The molecule has 0 radical (unpaired) electrons. The predicted octanol–water partition coefficient (Wildman–Crippen LogP) is 4.77. The van der Waals surface area contributed by atoms with Crippen molar-refractivity contribution >= 4 is 29.1 Å². The van der Waals surface area contributed by atoms with Crippen LogP contribution in [0, 0.1) is 18.3 Å². The summed E-state index contributed by atoms with van der Waals surface area (Å²) in [6.45, 7) is 13.2. The van der Waals surface area contributed by atoms with Crippen LogP contribution in [0.4, 0.5) is 0 Å². The molecule has 3 N–H and O–H groups in total. The van der Waals surface area contributed by atoms with E-state index in [1.807, 2.05) is 51.3 Å². The van der Waals surface area contributed by atoms with E-state index in [0.717, 1.165) is 21.8 Å². The third kappa shape index (κ3) is 8.99. The summed E-state index contributed by atoms with van der Waals surface area (Å²) in [5.74, 6) is -1.38. The van der Waals surface area contributed by atoms with Gasteiger partial charge in [-0.25, -0.2) is 4.98 Å². The van der Waals surface area contributed by atoms with E-state index in [-0.39, 0.29) is 24.2 Å². The van der Waals surface area contributed by atoms with Gasteiger partial charge in [-0.3, -0.25) is 9.59 Å². The Kier molecular flexibility index (Phi) is 11.9. The lowest BCUT2D eigenvalue weighted by Gasteiger charge is -2.35. The summed E-state index contributed by atoms with van der Waals surface area (Å²) in [4.78, 5) is 31.2. The Morgan fingerprint density at radius 3 is 2.62 bits per heavy atom. The molecule has 1 amide bonds. The highest BCUT2D eigenvalue weighted by molar-refractivity contribution is 7.09. The number of ether oxygens (including phenoxy) is 1. The predicted molar refractivity (Wildman–Crippen MR) is 149 cm³/mol. The number of thiazole rings is 1. The van der Waals surface area contributed by atoms with Crippen LogP contribution in [-0.4, -0.2) is 57.8 Å². The Bertz CT molecular complexity index is 1010. The molecule has 0 bridgehead atoms. The van der Waals surface area contributed by atoms with Crippen molar-refractivity contribution in [3.63, 3.8) is 0 Å². The molecule has 1 aliphatic rings. The lowest BCUT2D eigenvalue weighted by atomic mass is 9.72. The van der Waals surface area contributed by atoms with E-state index in [1.165, 1.54) is 0 Å². The summed E-state index contributed by atoms with van der Waals surface area (Å²) in [6.07, 6.45) is 6.26. The second kappa shape index (κ2) is 14.1. The van der Waals surface area contributed by atoms with E-state index in [9.17, 15) is 19.8 Å². The maximum Gasteiger partial charge on any atom is 0.223 e. The molecule has 5 atom stereocenters. The molecule has 0 aromatic carbocycles. The minimum Gasteiger partial charge on any atom is -0.392 e. The van der Waals surface area contributed by atoms with Gasteiger partial charge in [-0.1, -0.05) is 37.6 Å². The van der Waals surface area contributed by atoms with Gasteiger partial charge in [0.1, 0.15) is 5.78 Å². The van der Waals surface area contributed by atoms with Gasteiger partial charge in [0.15, 0.2) is 0 Å². The fourth-order valence-corrected chi connectivity index (χ4v) is 4.97. The molecule has 0 fully saturated rings. The van der Waals surface area contributed by atoms with Crippen molar-refractivity contribution in [3.05, 3.63) is 45.5 Å². The highest BCUT2D eigenvalue weighted by Crippen LogP contribution is 2.32. The summed E-state index contributed by atoms with van der Waals surface area (Å²) in [5, 5.41) is 28.1. The molecular weight excluding hydrogens is 488 g/mol. The first kappa shape index (κ1) is 31.1. The van der Waals surface area contributed by atoms with Crippen LogP contribution in [0.5, 0.6) is 0 Å². The van der Waals surface area contributed by atoms with Crippen LogP contribution in [0.25, 0.3) is 6.08 Å². The van der Waals surface area contributed by atoms with Crippen molar-refractivity contribution in [3.8, 4) is 0 Å². The summed E-state index contributed by atoms with van der Waals surface area (Å²) in [5.41, 5.74) is 1.67. The van der Waals surface area contributed by atoms with Crippen molar-refractivity contribution in [1.29, 1.82) is 0 Å². The minimum absolute atomic E-state index is 0.223. The highest BCUT2D eigenvalue weighted by atomic mass is 32.1. The molecule has 0 saturated heterocycles. The first-order valence-electron chi connectivity index (χ1n) is 13.0. The van der Waals surface area contributed by atoms with Crippen LogP contribution in [0.2, 0.25) is 0 Å². The number of aliphatic hydroxyl groups excluding tert-OH is 2. The summed E-state index contributed by atoms with van der Waals surface area (Å²) in [6, 6.07) is -0.285. The second-order valence-electron chi connectivity index (χ2n) is 10.6. The van der Waals surface area contributed by atoms with Crippen molar-refractivity contribution in [2.45, 2.75) is 98.5 Å². The van der Waals surface area contributed by atoms with E-state index in [1.54, 1.807) is 32.1 Å². The Hall–Kier alpha value is -2.13. The molecule has 1 aromatic rings. The first-order valence-corrected chi connectivity index (χ1v) is 13.9. The van der Waals surface area contributed by atoms with Crippen LogP contribution < -0.4 is 5.32 Å². The molecule has 8 heteroatoms. The quantitative estimate of drug-likeness (QED) is 0.482. The molecular formula is C29H44N2O5S. The molecule has 1 aliphatic heterocycles. The van der Waals surface area contributed by atoms with Gasteiger partial charge >= 0.3 is 0 Å². The van der Waals surface area contributed by atoms with E-state index >= 15 is 0 Å². The number of nitrogens with zero attached hydrogens (tertiary/aromatic N) is 1. The van der Waals surface area contributed by atoms with Crippen LogP contribution in [0.3, 0.4) is 0 Å². The molecule has 0 saturated carbocycles. The SMILES string of the molecule is C/C=C/C[C@H]1C(=O)C(C)(C)[C@@H](O)CC(=O)N[C@H](/C(C)=C/c2csc(C)n2)C/C=C(/C)CCO[C@H](C)[C@H]1O. The van der Waals surface area contributed by atoms with E-state index in [4.69, 9.17) is 4.74 Å². The number of aliphatic hydroxyl groups is 2. The normalized spacial score (nSPS) is 30.7. The number of carbonyl (C=O) groups is 2. The number of Topliss-reactive ketones (excluding diaryl/α,β-unsaturated/α-hetero) is 1. The largest absolute Gasteiger partial charge is 0.392 e. The zero-order valence-corrected chi connectivity index (χ0v) is 24.1. The maximum absolute atomic E-state index is 13.6. The van der Waals surface area contributed by atoms with Gasteiger partial charge in [-0.2, -0.15) is 0 Å². The molecule has 7 nitrogen and oxygen atoms in total. The van der Waals surface area contributed by atoms with Crippen molar-refractivity contribution in [2.75, 3.05) is 6.61 Å². The minimum atomic E-state index is -1.24. The second-order valence-corrected chi connectivity index (χ2v) is 11.7. The molecule has 37 heavy (non-hydrogen) atoms. The van der Waals surface area contributed by atoms with Crippen LogP contribution in [0.15, 0.2) is 34.8 Å². The summed E-state index contributed by atoms with van der Waals surface area (Å²) < 4.78 is 5.93. The van der Waals surface area contributed by atoms with Crippen molar-refractivity contribution in [1.82, 2.24) is 10.3 Å².